The molecular weight excluding hydrogens is 293 g/mol. The third-order valence-electron chi connectivity index (χ3n) is 4.70. The van der Waals surface area contributed by atoms with Gasteiger partial charge in [-0.3, -0.25) is 0 Å². The zero-order valence-electron chi connectivity index (χ0n) is 13.5. The van der Waals surface area contributed by atoms with E-state index in [-0.39, 0.29) is 17.6 Å². The smallest absolute Gasteiger partial charge is 0.165 e. The van der Waals surface area contributed by atoms with Gasteiger partial charge in [-0.05, 0) is 48.6 Å². The Morgan fingerprint density at radius 3 is 2.87 bits per heavy atom. The van der Waals surface area contributed by atoms with Crippen molar-refractivity contribution in [3.05, 3.63) is 65.0 Å². The summed E-state index contributed by atoms with van der Waals surface area (Å²) in [6.07, 6.45) is 1.62. The molecule has 23 heavy (non-hydrogen) atoms. The van der Waals surface area contributed by atoms with Gasteiger partial charge in [0.1, 0.15) is 5.60 Å². The fourth-order valence-corrected chi connectivity index (χ4v) is 3.24. The van der Waals surface area contributed by atoms with E-state index in [2.05, 4.69) is 11.4 Å². The fourth-order valence-electron chi connectivity index (χ4n) is 3.24. The van der Waals surface area contributed by atoms with Crippen molar-refractivity contribution in [1.82, 2.24) is 5.32 Å². The Hall–Kier alpha value is -1.91. The highest BCUT2D eigenvalue weighted by Crippen LogP contribution is 2.36. The van der Waals surface area contributed by atoms with Gasteiger partial charge in [0.05, 0.1) is 7.11 Å². The maximum atomic E-state index is 13.5. The lowest BCUT2D eigenvalue weighted by atomic mass is 9.95. The van der Waals surface area contributed by atoms with Crippen LogP contribution < -0.4 is 10.1 Å². The van der Waals surface area contributed by atoms with Crippen LogP contribution in [0.2, 0.25) is 0 Å². The van der Waals surface area contributed by atoms with Crippen molar-refractivity contribution in [2.75, 3.05) is 13.7 Å². The number of nitrogens with one attached hydrogen (secondary N) is 1. The number of fused-ring (bicyclic) bond motifs is 1. The summed E-state index contributed by atoms with van der Waals surface area (Å²) in [4.78, 5) is 0. The van der Waals surface area contributed by atoms with E-state index in [4.69, 9.17) is 4.74 Å². The van der Waals surface area contributed by atoms with Crippen LogP contribution in [-0.2, 0) is 12.0 Å². The molecular formula is C19H22FNO2. The van der Waals surface area contributed by atoms with E-state index >= 15 is 0 Å². The first kappa shape index (κ1) is 16.0. The average molecular weight is 315 g/mol. The van der Waals surface area contributed by atoms with Gasteiger partial charge in [-0.25, -0.2) is 4.39 Å². The number of rotatable bonds is 5. The zero-order valence-corrected chi connectivity index (χ0v) is 13.5. The highest BCUT2D eigenvalue weighted by molar-refractivity contribution is 5.37. The van der Waals surface area contributed by atoms with Gasteiger partial charge >= 0.3 is 0 Å². The van der Waals surface area contributed by atoms with Gasteiger partial charge in [0.15, 0.2) is 11.6 Å². The number of ether oxygens (including phenoxy) is 1. The van der Waals surface area contributed by atoms with Crippen molar-refractivity contribution < 1.29 is 14.2 Å². The Labute approximate surface area is 136 Å². The Kier molecular flexibility index (Phi) is 4.37. The van der Waals surface area contributed by atoms with Crippen LogP contribution in [0.3, 0.4) is 0 Å². The van der Waals surface area contributed by atoms with Gasteiger partial charge in [-0.15, -0.1) is 0 Å². The van der Waals surface area contributed by atoms with Crippen LogP contribution in [0.4, 0.5) is 4.39 Å². The monoisotopic (exact) mass is 315 g/mol. The molecule has 0 heterocycles. The molecule has 2 aromatic carbocycles. The van der Waals surface area contributed by atoms with Crippen molar-refractivity contribution in [1.29, 1.82) is 0 Å². The maximum absolute atomic E-state index is 13.5. The van der Waals surface area contributed by atoms with E-state index < -0.39 is 5.60 Å². The second-order valence-corrected chi connectivity index (χ2v) is 6.19. The second-order valence-electron chi connectivity index (χ2n) is 6.19. The SMILES string of the molecule is COc1cc(C(C)NCC2(O)CCc3ccccc32)ccc1F. The Balaban J connectivity index is 1.71. The van der Waals surface area contributed by atoms with E-state index in [0.29, 0.717) is 6.54 Å². The minimum absolute atomic E-state index is 0.0127. The quantitative estimate of drug-likeness (QED) is 0.889. The van der Waals surface area contributed by atoms with Gasteiger partial charge in [0.25, 0.3) is 0 Å². The Bertz CT molecular complexity index is 704. The van der Waals surface area contributed by atoms with Crippen molar-refractivity contribution in [3.63, 3.8) is 0 Å². The number of halogens is 1. The highest BCUT2D eigenvalue weighted by atomic mass is 19.1. The molecule has 2 atom stereocenters. The third-order valence-corrected chi connectivity index (χ3v) is 4.70. The molecule has 2 unspecified atom stereocenters. The lowest BCUT2D eigenvalue weighted by Crippen LogP contribution is -2.37. The van der Waals surface area contributed by atoms with Gasteiger partial charge in [-0.1, -0.05) is 30.3 Å². The van der Waals surface area contributed by atoms with Crippen LogP contribution in [0.15, 0.2) is 42.5 Å². The molecule has 2 aromatic rings. The highest BCUT2D eigenvalue weighted by Gasteiger charge is 2.36. The van der Waals surface area contributed by atoms with Crippen LogP contribution in [0.25, 0.3) is 0 Å². The molecule has 0 bridgehead atoms. The van der Waals surface area contributed by atoms with Crippen LogP contribution in [0.5, 0.6) is 5.75 Å². The number of benzene rings is 2. The van der Waals surface area contributed by atoms with Gasteiger partial charge in [0, 0.05) is 12.6 Å². The molecule has 0 saturated carbocycles. The number of hydrogen-bond donors (Lipinski definition) is 2. The van der Waals surface area contributed by atoms with Crippen molar-refractivity contribution in [3.8, 4) is 5.75 Å². The van der Waals surface area contributed by atoms with Crippen molar-refractivity contribution >= 4 is 0 Å². The summed E-state index contributed by atoms with van der Waals surface area (Å²) in [5, 5.41) is 14.3. The van der Waals surface area contributed by atoms with Crippen LogP contribution in [0, 0.1) is 5.82 Å². The van der Waals surface area contributed by atoms with Crippen LogP contribution in [0.1, 0.15) is 36.1 Å². The van der Waals surface area contributed by atoms with E-state index in [0.717, 1.165) is 24.0 Å². The van der Waals surface area contributed by atoms with E-state index in [1.807, 2.05) is 25.1 Å². The fraction of sp³-hybridized carbons (Fsp3) is 0.368. The Morgan fingerprint density at radius 1 is 1.30 bits per heavy atom. The number of aryl methyl sites for hydroxylation is 1. The van der Waals surface area contributed by atoms with Crippen molar-refractivity contribution in [2.24, 2.45) is 0 Å². The largest absolute Gasteiger partial charge is 0.494 e. The zero-order chi connectivity index (χ0) is 16.4. The van der Waals surface area contributed by atoms with Gasteiger partial charge < -0.3 is 15.2 Å². The Morgan fingerprint density at radius 2 is 2.09 bits per heavy atom. The molecule has 3 nitrogen and oxygen atoms in total. The van der Waals surface area contributed by atoms with Crippen LogP contribution >= 0.6 is 0 Å². The second kappa shape index (κ2) is 6.30. The molecule has 3 rings (SSSR count). The summed E-state index contributed by atoms with van der Waals surface area (Å²) in [6.45, 7) is 2.46. The standard InChI is InChI=1S/C19H22FNO2/c1-13(15-7-8-17(20)18(11-15)23-2)21-12-19(22)10-9-14-5-3-4-6-16(14)19/h3-8,11,13,21-22H,9-10,12H2,1-2H3. The molecule has 1 aliphatic carbocycles. The molecule has 0 saturated heterocycles. The van der Waals surface area contributed by atoms with E-state index in [9.17, 15) is 9.50 Å². The molecule has 2 N–H and O–H groups in total. The summed E-state index contributed by atoms with van der Waals surface area (Å²) in [6, 6.07) is 12.9. The molecule has 1 aliphatic rings. The lowest BCUT2D eigenvalue weighted by Gasteiger charge is -2.27. The first-order valence-corrected chi connectivity index (χ1v) is 7.91. The maximum Gasteiger partial charge on any atom is 0.165 e. The normalized spacial score (nSPS) is 21.0. The lowest BCUT2D eigenvalue weighted by molar-refractivity contribution is 0.0363. The molecule has 0 spiro atoms. The van der Waals surface area contributed by atoms with E-state index in [1.54, 1.807) is 12.1 Å². The summed E-state index contributed by atoms with van der Waals surface area (Å²) in [7, 11) is 1.46. The number of aliphatic hydroxyl groups is 1. The van der Waals surface area contributed by atoms with Crippen LogP contribution in [-0.4, -0.2) is 18.8 Å². The predicted molar refractivity (Wildman–Crippen MR) is 88.0 cm³/mol. The minimum atomic E-state index is -0.838. The predicted octanol–water partition coefficient (Wildman–Crippen LogP) is 3.32. The molecule has 122 valence electrons. The number of hydrogen-bond acceptors (Lipinski definition) is 3. The molecule has 0 aromatic heterocycles. The topological polar surface area (TPSA) is 41.5 Å². The minimum Gasteiger partial charge on any atom is -0.494 e. The third kappa shape index (κ3) is 3.09. The molecule has 0 radical (unpaired) electrons. The molecule has 0 fully saturated rings. The van der Waals surface area contributed by atoms with Gasteiger partial charge in [0.2, 0.25) is 0 Å². The first-order chi connectivity index (χ1) is 11.0. The van der Waals surface area contributed by atoms with Crippen molar-refractivity contribution in [2.45, 2.75) is 31.4 Å². The summed E-state index contributed by atoms with van der Waals surface area (Å²) < 4.78 is 18.5. The summed E-state index contributed by atoms with van der Waals surface area (Å²) in [5.41, 5.74) is 2.32. The molecule has 0 aliphatic heterocycles. The summed E-state index contributed by atoms with van der Waals surface area (Å²) in [5.74, 6) is -0.132. The average Bonchev–Trinajstić information content (AvgIpc) is 2.91. The summed E-state index contributed by atoms with van der Waals surface area (Å²) >= 11 is 0. The van der Waals surface area contributed by atoms with Gasteiger partial charge in [-0.2, -0.15) is 0 Å². The number of methoxy groups -OCH3 is 1. The molecule has 0 amide bonds. The first-order valence-electron chi connectivity index (χ1n) is 7.91. The van der Waals surface area contributed by atoms with E-state index in [1.165, 1.54) is 18.7 Å². The molecule has 4 heteroatoms.